The van der Waals surface area contributed by atoms with E-state index in [1.54, 1.807) is 25.2 Å². The predicted octanol–water partition coefficient (Wildman–Crippen LogP) is 2.32. The summed E-state index contributed by atoms with van der Waals surface area (Å²) in [5.41, 5.74) is 0.661. The second-order valence-electron chi connectivity index (χ2n) is 3.16. The van der Waals surface area contributed by atoms with Crippen LogP contribution in [-0.4, -0.2) is 26.1 Å². The van der Waals surface area contributed by atoms with Crippen molar-refractivity contribution in [2.24, 2.45) is 0 Å². The van der Waals surface area contributed by atoms with Gasteiger partial charge in [-0.3, -0.25) is 4.79 Å². The first-order chi connectivity index (χ1) is 7.67. The molecule has 1 rings (SSSR count). The summed E-state index contributed by atoms with van der Waals surface area (Å²) < 4.78 is 5.29. The molecule has 96 valence electrons. The zero-order valence-corrected chi connectivity index (χ0v) is 11.3. The number of hydrogen-bond donors (Lipinski definition) is 2. The molecule has 0 saturated heterocycles. The van der Waals surface area contributed by atoms with Gasteiger partial charge in [-0.1, -0.05) is 11.6 Å². The van der Waals surface area contributed by atoms with Crippen molar-refractivity contribution >= 4 is 35.6 Å². The van der Waals surface area contributed by atoms with E-state index in [2.05, 4.69) is 10.6 Å². The van der Waals surface area contributed by atoms with Crippen molar-refractivity contribution < 1.29 is 9.53 Å². The van der Waals surface area contributed by atoms with Crippen molar-refractivity contribution in [3.05, 3.63) is 23.2 Å². The van der Waals surface area contributed by atoms with E-state index in [9.17, 15) is 4.79 Å². The molecule has 0 atom stereocenters. The molecule has 6 heteroatoms. The van der Waals surface area contributed by atoms with Gasteiger partial charge < -0.3 is 15.4 Å². The summed E-state index contributed by atoms with van der Waals surface area (Å²) >= 11 is 5.98. The summed E-state index contributed by atoms with van der Waals surface area (Å²) in [6.45, 7) is 2.72. The second kappa shape index (κ2) is 8.17. The molecule has 1 amide bonds. The van der Waals surface area contributed by atoms with Crippen LogP contribution in [-0.2, 0) is 4.79 Å². The Hall–Kier alpha value is -0.970. The number of rotatable bonds is 5. The quantitative estimate of drug-likeness (QED) is 0.869. The number of halogens is 2. The zero-order chi connectivity index (χ0) is 12.0. The topological polar surface area (TPSA) is 50.4 Å². The van der Waals surface area contributed by atoms with Gasteiger partial charge in [0, 0.05) is 5.69 Å². The lowest BCUT2D eigenvalue weighted by Crippen LogP contribution is -2.24. The summed E-state index contributed by atoms with van der Waals surface area (Å²) in [5.74, 6) is 0.513. The summed E-state index contributed by atoms with van der Waals surface area (Å²) in [6.07, 6.45) is 0. The predicted molar refractivity (Wildman–Crippen MR) is 72.4 cm³/mol. The van der Waals surface area contributed by atoms with Gasteiger partial charge in [-0.2, -0.15) is 0 Å². The molecule has 0 aliphatic carbocycles. The summed E-state index contributed by atoms with van der Waals surface area (Å²) in [4.78, 5) is 11.3. The normalized spacial score (nSPS) is 9.35. The van der Waals surface area contributed by atoms with Crippen molar-refractivity contribution in [2.75, 3.05) is 25.5 Å². The van der Waals surface area contributed by atoms with E-state index in [1.165, 1.54) is 0 Å². The minimum atomic E-state index is -0.109. The standard InChI is InChI=1S/C11H15ClN2O2.ClH/c1-3-16-10-5-4-8(6-9(10)12)14-11(15)7-13-2;/h4-6,13H,3,7H2,1-2H3,(H,14,15);1H. The summed E-state index contributed by atoms with van der Waals surface area (Å²) in [6, 6.07) is 5.16. The van der Waals surface area contributed by atoms with Gasteiger partial charge in [0.05, 0.1) is 18.2 Å². The largest absolute Gasteiger partial charge is 0.492 e. The van der Waals surface area contributed by atoms with E-state index in [1.807, 2.05) is 6.92 Å². The van der Waals surface area contributed by atoms with E-state index >= 15 is 0 Å². The molecule has 0 aromatic heterocycles. The van der Waals surface area contributed by atoms with E-state index in [-0.39, 0.29) is 24.9 Å². The van der Waals surface area contributed by atoms with Gasteiger partial charge in [0.25, 0.3) is 0 Å². The third kappa shape index (κ3) is 5.26. The van der Waals surface area contributed by atoms with E-state index < -0.39 is 0 Å². The number of carbonyl (C=O) groups excluding carboxylic acids is 1. The van der Waals surface area contributed by atoms with Crippen molar-refractivity contribution in [2.45, 2.75) is 6.92 Å². The number of nitrogens with one attached hydrogen (secondary N) is 2. The average molecular weight is 279 g/mol. The molecule has 1 aromatic carbocycles. The van der Waals surface area contributed by atoms with Gasteiger partial charge in [0.15, 0.2) is 0 Å². The van der Waals surface area contributed by atoms with Gasteiger partial charge in [-0.05, 0) is 32.2 Å². The van der Waals surface area contributed by atoms with Crippen LogP contribution in [0.15, 0.2) is 18.2 Å². The van der Waals surface area contributed by atoms with Crippen molar-refractivity contribution in [3.8, 4) is 5.75 Å². The number of carbonyl (C=O) groups is 1. The van der Waals surface area contributed by atoms with Gasteiger partial charge >= 0.3 is 0 Å². The fourth-order valence-corrected chi connectivity index (χ4v) is 1.45. The van der Waals surface area contributed by atoms with Crippen LogP contribution in [0.5, 0.6) is 5.75 Å². The molecule has 0 heterocycles. The Morgan fingerprint density at radius 2 is 2.18 bits per heavy atom. The van der Waals surface area contributed by atoms with Crippen LogP contribution in [0.1, 0.15) is 6.92 Å². The number of hydrogen-bond acceptors (Lipinski definition) is 3. The summed E-state index contributed by atoms with van der Waals surface area (Å²) in [5, 5.41) is 5.97. The molecule has 1 aromatic rings. The molecule has 0 aliphatic rings. The Labute approximate surface area is 112 Å². The van der Waals surface area contributed by atoms with Crippen molar-refractivity contribution in [1.82, 2.24) is 5.32 Å². The highest BCUT2D eigenvalue weighted by atomic mass is 35.5. The Kier molecular flexibility index (Phi) is 7.70. The molecule has 4 nitrogen and oxygen atoms in total. The highest BCUT2D eigenvalue weighted by Crippen LogP contribution is 2.27. The van der Waals surface area contributed by atoms with Crippen LogP contribution in [0, 0.1) is 0 Å². The first kappa shape index (κ1) is 16.0. The Morgan fingerprint density at radius 1 is 1.47 bits per heavy atom. The molecule has 0 radical (unpaired) electrons. The zero-order valence-electron chi connectivity index (χ0n) is 9.75. The van der Waals surface area contributed by atoms with Crippen LogP contribution in [0.4, 0.5) is 5.69 Å². The van der Waals surface area contributed by atoms with Gasteiger partial charge in [0.1, 0.15) is 5.75 Å². The number of likely N-dealkylation sites (N-methyl/N-ethyl adjacent to an activating group) is 1. The Bertz CT molecular complexity index is 372. The lowest BCUT2D eigenvalue weighted by Gasteiger charge is -2.08. The number of ether oxygens (including phenoxy) is 1. The number of benzene rings is 1. The van der Waals surface area contributed by atoms with Crippen LogP contribution in [0.2, 0.25) is 5.02 Å². The first-order valence-electron chi connectivity index (χ1n) is 5.04. The monoisotopic (exact) mass is 278 g/mol. The van der Waals surface area contributed by atoms with Gasteiger partial charge in [-0.25, -0.2) is 0 Å². The second-order valence-corrected chi connectivity index (χ2v) is 3.56. The Balaban J connectivity index is 0.00000256. The first-order valence-corrected chi connectivity index (χ1v) is 5.42. The average Bonchev–Trinajstić information content (AvgIpc) is 2.22. The minimum absolute atomic E-state index is 0. The lowest BCUT2D eigenvalue weighted by molar-refractivity contribution is -0.115. The minimum Gasteiger partial charge on any atom is -0.492 e. The maximum Gasteiger partial charge on any atom is 0.238 e. The fourth-order valence-electron chi connectivity index (χ4n) is 1.22. The van der Waals surface area contributed by atoms with E-state index in [0.29, 0.717) is 23.1 Å². The molecule has 2 N–H and O–H groups in total. The molecule has 0 saturated carbocycles. The third-order valence-corrected chi connectivity index (χ3v) is 2.15. The SMILES string of the molecule is CCOc1ccc(NC(=O)CNC)cc1Cl.Cl. The van der Waals surface area contributed by atoms with Crippen LogP contribution < -0.4 is 15.4 Å². The maximum atomic E-state index is 11.3. The third-order valence-electron chi connectivity index (χ3n) is 1.85. The molecule has 0 fully saturated rings. The smallest absolute Gasteiger partial charge is 0.238 e. The van der Waals surface area contributed by atoms with Crippen molar-refractivity contribution in [1.29, 1.82) is 0 Å². The molecule has 0 spiro atoms. The van der Waals surface area contributed by atoms with Crippen LogP contribution >= 0.6 is 24.0 Å². The highest BCUT2D eigenvalue weighted by Gasteiger charge is 2.04. The Morgan fingerprint density at radius 3 is 2.71 bits per heavy atom. The molecular weight excluding hydrogens is 263 g/mol. The van der Waals surface area contributed by atoms with Crippen molar-refractivity contribution in [3.63, 3.8) is 0 Å². The number of amides is 1. The van der Waals surface area contributed by atoms with Gasteiger partial charge in [-0.15, -0.1) is 12.4 Å². The summed E-state index contributed by atoms with van der Waals surface area (Å²) in [7, 11) is 1.71. The molecule has 17 heavy (non-hydrogen) atoms. The van der Waals surface area contributed by atoms with Gasteiger partial charge in [0.2, 0.25) is 5.91 Å². The van der Waals surface area contributed by atoms with Crippen LogP contribution in [0.3, 0.4) is 0 Å². The highest BCUT2D eigenvalue weighted by molar-refractivity contribution is 6.32. The number of anilines is 1. The van der Waals surface area contributed by atoms with E-state index in [0.717, 1.165) is 0 Å². The fraction of sp³-hybridized carbons (Fsp3) is 0.364. The molecular formula is C11H16Cl2N2O2. The van der Waals surface area contributed by atoms with Crippen LogP contribution in [0.25, 0.3) is 0 Å². The lowest BCUT2D eigenvalue weighted by atomic mass is 10.3. The molecule has 0 bridgehead atoms. The van der Waals surface area contributed by atoms with E-state index in [4.69, 9.17) is 16.3 Å². The molecule has 0 unspecified atom stereocenters. The molecule has 0 aliphatic heterocycles. The maximum absolute atomic E-state index is 11.3.